The van der Waals surface area contributed by atoms with Gasteiger partial charge in [0.05, 0.1) is 17.4 Å². The Morgan fingerprint density at radius 3 is 2.91 bits per heavy atom. The third kappa shape index (κ3) is 2.83. The highest BCUT2D eigenvalue weighted by atomic mass is 16.2. The summed E-state index contributed by atoms with van der Waals surface area (Å²) < 4.78 is 0. The molecule has 0 aliphatic rings. The molecule has 5 nitrogen and oxygen atoms in total. The molecule has 1 amide bonds. The van der Waals surface area contributed by atoms with Crippen LogP contribution >= 0.6 is 0 Å². The zero-order valence-corrected chi connectivity index (χ0v) is 12.7. The van der Waals surface area contributed by atoms with Gasteiger partial charge in [0.2, 0.25) is 0 Å². The van der Waals surface area contributed by atoms with Gasteiger partial charge in [-0.05, 0) is 37.3 Å². The number of pyridine rings is 1. The van der Waals surface area contributed by atoms with Crippen molar-refractivity contribution in [2.24, 2.45) is 0 Å². The minimum Gasteiger partial charge on any atom is -0.345 e. The molecule has 3 rings (SSSR count). The minimum atomic E-state index is -0.0000638. The number of carbonyl (C=O) groups excluding carboxylic acids is 1. The zero-order valence-electron chi connectivity index (χ0n) is 12.7. The number of aromatic nitrogens is 3. The number of imidazole rings is 1. The van der Waals surface area contributed by atoms with Gasteiger partial charge in [-0.3, -0.25) is 9.78 Å². The predicted octanol–water partition coefficient (Wildman–Crippen LogP) is 2.66. The van der Waals surface area contributed by atoms with Gasteiger partial charge in [0.15, 0.2) is 0 Å². The van der Waals surface area contributed by atoms with Crippen molar-refractivity contribution in [3.8, 4) is 0 Å². The van der Waals surface area contributed by atoms with Crippen LogP contribution in [0.1, 0.15) is 23.0 Å². The number of nitrogens with zero attached hydrogens (tertiary/aromatic N) is 3. The Balaban J connectivity index is 1.75. The van der Waals surface area contributed by atoms with Crippen molar-refractivity contribution in [2.45, 2.75) is 19.4 Å². The second kappa shape index (κ2) is 5.97. The van der Waals surface area contributed by atoms with Gasteiger partial charge in [0.25, 0.3) is 5.91 Å². The van der Waals surface area contributed by atoms with Crippen molar-refractivity contribution in [3.05, 3.63) is 60.2 Å². The fraction of sp³-hybridized carbons (Fsp3) is 0.235. The Hall–Kier alpha value is -2.69. The Morgan fingerprint density at radius 1 is 1.27 bits per heavy atom. The van der Waals surface area contributed by atoms with Crippen molar-refractivity contribution in [1.82, 2.24) is 19.9 Å². The van der Waals surface area contributed by atoms with E-state index in [0.29, 0.717) is 5.56 Å². The number of carbonyl (C=O) groups is 1. The van der Waals surface area contributed by atoms with E-state index >= 15 is 0 Å². The fourth-order valence-corrected chi connectivity index (χ4v) is 2.43. The van der Waals surface area contributed by atoms with E-state index in [1.165, 1.54) is 0 Å². The summed E-state index contributed by atoms with van der Waals surface area (Å²) in [6.07, 6.45) is 4.14. The molecule has 5 heteroatoms. The summed E-state index contributed by atoms with van der Waals surface area (Å²) in [5.74, 6) is -0.0000638. The summed E-state index contributed by atoms with van der Waals surface area (Å²) in [6, 6.07) is 11.4. The van der Waals surface area contributed by atoms with Gasteiger partial charge >= 0.3 is 0 Å². The van der Waals surface area contributed by atoms with Crippen molar-refractivity contribution in [3.63, 3.8) is 0 Å². The van der Waals surface area contributed by atoms with E-state index < -0.39 is 0 Å². The van der Waals surface area contributed by atoms with Crippen LogP contribution in [0.2, 0.25) is 0 Å². The van der Waals surface area contributed by atoms with Crippen LogP contribution < -0.4 is 0 Å². The van der Waals surface area contributed by atoms with Crippen LogP contribution in [0.3, 0.4) is 0 Å². The molecule has 0 fully saturated rings. The quantitative estimate of drug-likeness (QED) is 0.804. The molecule has 3 aromatic rings. The zero-order chi connectivity index (χ0) is 15.5. The summed E-state index contributed by atoms with van der Waals surface area (Å²) in [7, 11) is 1.83. The van der Waals surface area contributed by atoms with E-state index in [4.69, 9.17) is 0 Å². The SMILES string of the molecule is C[C@H](Cc1ccccn1)N(C)C(=O)c1ccc2nc[nH]c2c1. The van der Waals surface area contributed by atoms with Crippen molar-refractivity contribution < 1.29 is 4.79 Å². The monoisotopic (exact) mass is 294 g/mol. The third-order valence-electron chi connectivity index (χ3n) is 3.88. The first-order valence-corrected chi connectivity index (χ1v) is 7.25. The molecule has 2 heterocycles. The topological polar surface area (TPSA) is 61.9 Å². The third-order valence-corrected chi connectivity index (χ3v) is 3.88. The molecular weight excluding hydrogens is 276 g/mol. The van der Waals surface area contributed by atoms with Crippen molar-refractivity contribution in [2.75, 3.05) is 7.05 Å². The molecule has 0 aliphatic carbocycles. The Kier molecular flexibility index (Phi) is 3.87. The molecule has 0 saturated carbocycles. The molecular formula is C17H18N4O. The van der Waals surface area contributed by atoms with Gasteiger partial charge in [-0.1, -0.05) is 6.07 Å². The van der Waals surface area contributed by atoms with Crippen molar-refractivity contribution >= 4 is 16.9 Å². The lowest BCUT2D eigenvalue weighted by Crippen LogP contribution is -2.36. The number of fused-ring (bicyclic) bond motifs is 1. The van der Waals surface area contributed by atoms with E-state index in [1.54, 1.807) is 17.4 Å². The van der Waals surface area contributed by atoms with E-state index in [9.17, 15) is 4.79 Å². The number of rotatable bonds is 4. The number of hydrogen-bond acceptors (Lipinski definition) is 3. The van der Waals surface area contributed by atoms with E-state index in [1.807, 2.05) is 50.4 Å². The summed E-state index contributed by atoms with van der Waals surface area (Å²) in [5.41, 5.74) is 3.38. The van der Waals surface area contributed by atoms with Gasteiger partial charge in [-0.2, -0.15) is 0 Å². The number of hydrogen-bond donors (Lipinski definition) is 1. The van der Waals surface area contributed by atoms with Gasteiger partial charge in [0, 0.05) is 37.0 Å². The summed E-state index contributed by atoms with van der Waals surface area (Å²) in [4.78, 5) is 25.9. The summed E-state index contributed by atoms with van der Waals surface area (Å²) in [5, 5.41) is 0. The molecule has 0 radical (unpaired) electrons. The lowest BCUT2D eigenvalue weighted by atomic mass is 10.1. The van der Waals surface area contributed by atoms with Gasteiger partial charge in [-0.15, -0.1) is 0 Å². The number of nitrogens with one attached hydrogen (secondary N) is 1. The molecule has 1 atom stereocenters. The molecule has 22 heavy (non-hydrogen) atoms. The molecule has 112 valence electrons. The lowest BCUT2D eigenvalue weighted by molar-refractivity contribution is 0.0743. The van der Waals surface area contributed by atoms with Crippen LogP contribution in [-0.2, 0) is 6.42 Å². The van der Waals surface area contributed by atoms with Crippen LogP contribution in [0, 0.1) is 0 Å². The first-order valence-electron chi connectivity index (χ1n) is 7.25. The molecule has 0 spiro atoms. The van der Waals surface area contributed by atoms with E-state index in [-0.39, 0.29) is 11.9 Å². The van der Waals surface area contributed by atoms with E-state index in [2.05, 4.69) is 15.0 Å². The first-order chi connectivity index (χ1) is 10.6. The molecule has 1 N–H and O–H groups in total. The average molecular weight is 294 g/mol. The molecule has 2 aromatic heterocycles. The van der Waals surface area contributed by atoms with Crippen molar-refractivity contribution in [1.29, 1.82) is 0 Å². The normalized spacial score (nSPS) is 12.3. The Morgan fingerprint density at radius 2 is 2.14 bits per heavy atom. The second-order valence-corrected chi connectivity index (χ2v) is 5.42. The van der Waals surface area contributed by atoms with Gasteiger partial charge < -0.3 is 9.88 Å². The smallest absolute Gasteiger partial charge is 0.253 e. The maximum Gasteiger partial charge on any atom is 0.253 e. The fourth-order valence-electron chi connectivity index (χ4n) is 2.43. The number of H-pyrrole nitrogens is 1. The molecule has 1 aromatic carbocycles. The molecule has 0 unspecified atom stereocenters. The predicted molar refractivity (Wildman–Crippen MR) is 85.6 cm³/mol. The minimum absolute atomic E-state index is 0.0000638. The number of likely N-dealkylation sites (N-methyl/N-ethyl adjacent to an activating group) is 1. The number of aromatic amines is 1. The largest absolute Gasteiger partial charge is 0.345 e. The summed E-state index contributed by atoms with van der Waals surface area (Å²) in [6.45, 7) is 2.03. The Bertz CT molecular complexity index is 781. The number of amides is 1. The van der Waals surface area contributed by atoms with E-state index in [0.717, 1.165) is 23.1 Å². The van der Waals surface area contributed by atoms with Crippen LogP contribution in [0.4, 0.5) is 0 Å². The highest BCUT2D eigenvalue weighted by molar-refractivity contribution is 5.97. The maximum absolute atomic E-state index is 12.6. The first kappa shape index (κ1) is 14.3. The van der Waals surface area contributed by atoms with Crippen LogP contribution in [0.5, 0.6) is 0 Å². The second-order valence-electron chi connectivity index (χ2n) is 5.42. The highest BCUT2D eigenvalue weighted by Crippen LogP contribution is 2.15. The summed E-state index contributed by atoms with van der Waals surface area (Å²) >= 11 is 0. The van der Waals surface area contributed by atoms with Crippen LogP contribution in [0.25, 0.3) is 11.0 Å². The average Bonchev–Trinajstić information content (AvgIpc) is 3.02. The molecule has 0 bridgehead atoms. The molecule has 0 aliphatic heterocycles. The van der Waals surface area contributed by atoms with Gasteiger partial charge in [0.1, 0.15) is 0 Å². The van der Waals surface area contributed by atoms with Gasteiger partial charge in [-0.25, -0.2) is 4.98 Å². The number of benzene rings is 1. The lowest BCUT2D eigenvalue weighted by Gasteiger charge is -2.25. The standard InChI is InChI=1S/C17H18N4O/c1-12(9-14-5-3-4-8-18-14)21(2)17(22)13-6-7-15-16(10-13)20-11-19-15/h3-8,10-12H,9H2,1-2H3,(H,19,20)/t12-/m1/s1. The highest BCUT2D eigenvalue weighted by Gasteiger charge is 2.18. The maximum atomic E-state index is 12.6. The van der Waals surface area contributed by atoms with Crippen LogP contribution in [0.15, 0.2) is 48.9 Å². The molecule has 0 saturated heterocycles. The Labute approximate surface area is 129 Å². The van der Waals surface area contributed by atoms with Crippen LogP contribution in [-0.4, -0.2) is 38.8 Å².